The van der Waals surface area contributed by atoms with Gasteiger partial charge in [-0.3, -0.25) is 4.90 Å². The topological polar surface area (TPSA) is 21.7 Å². The number of fused-ring (bicyclic) bond motifs is 1. The lowest BCUT2D eigenvalue weighted by atomic mass is 9.97. The summed E-state index contributed by atoms with van der Waals surface area (Å²) in [5.74, 6) is 1.68. The quantitative estimate of drug-likeness (QED) is 0.819. The van der Waals surface area contributed by atoms with Crippen molar-refractivity contribution in [3.63, 3.8) is 0 Å². The van der Waals surface area contributed by atoms with Crippen LogP contribution in [0.15, 0.2) is 12.1 Å². The summed E-state index contributed by atoms with van der Waals surface area (Å²) in [6, 6.07) is 4.90. The number of hydrogen-bond donors (Lipinski definition) is 0. The van der Waals surface area contributed by atoms with Crippen molar-refractivity contribution < 1.29 is 9.47 Å². The summed E-state index contributed by atoms with van der Waals surface area (Å²) in [6.07, 6.45) is 2.29. The van der Waals surface area contributed by atoms with E-state index < -0.39 is 0 Å². The maximum Gasteiger partial charge on any atom is 0.161 e. The first kappa shape index (κ1) is 13.2. The zero-order valence-electron chi connectivity index (χ0n) is 11.8. The van der Waals surface area contributed by atoms with E-state index in [1.54, 1.807) is 14.2 Å². The van der Waals surface area contributed by atoms with Crippen molar-refractivity contribution in [1.82, 2.24) is 4.90 Å². The summed E-state index contributed by atoms with van der Waals surface area (Å²) in [7, 11) is 3.39. The Labute approximate surface area is 110 Å². The van der Waals surface area contributed by atoms with Crippen LogP contribution in [-0.4, -0.2) is 31.7 Å². The van der Waals surface area contributed by atoms with E-state index in [2.05, 4.69) is 30.9 Å². The van der Waals surface area contributed by atoms with E-state index in [9.17, 15) is 0 Å². The van der Waals surface area contributed by atoms with Gasteiger partial charge >= 0.3 is 0 Å². The van der Waals surface area contributed by atoms with Crippen LogP contribution in [0.2, 0.25) is 0 Å². The molecule has 0 aliphatic carbocycles. The molecular formula is C15H23NO2. The molecule has 0 spiro atoms. The van der Waals surface area contributed by atoms with Crippen molar-refractivity contribution in [2.24, 2.45) is 0 Å². The van der Waals surface area contributed by atoms with Crippen molar-refractivity contribution in [2.45, 2.75) is 39.3 Å². The Bertz CT molecular complexity index is 417. The number of methoxy groups -OCH3 is 2. The lowest BCUT2D eigenvalue weighted by Crippen LogP contribution is -2.37. The minimum atomic E-state index is 0.645. The fourth-order valence-electron chi connectivity index (χ4n) is 2.54. The van der Waals surface area contributed by atoms with Gasteiger partial charge in [0.2, 0.25) is 0 Å². The van der Waals surface area contributed by atoms with Crippen molar-refractivity contribution in [1.29, 1.82) is 0 Å². The predicted molar refractivity (Wildman–Crippen MR) is 73.4 cm³/mol. The van der Waals surface area contributed by atoms with E-state index in [0.29, 0.717) is 6.04 Å². The van der Waals surface area contributed by atoms with E-state index in [4.69, 9.17) is 9.47 Å². The molecule has 3 heteroatoms. The van der Waals surface area contributed by atoms with Crippen LogP contribution in [0.4, 0.5) is 0 Å². The SMILES string of the molecule is CCC(C)N1CCc2cc(OC)c(OC)cc2C1. The maximum atomic E-state index is 5.38. The molecule has 0 saturated carbocycles. The third-order valence-corrected chi connectivity index (χ3v) is 3.96. The molecule has 100 valence electrons. The lowest BCUT2D eigenvalue weighted by molar-refractivity contribution is 0.186. The van der Waals surface area contributed by atoms with Gasteiger partial charge in [0.25, 0.3) is 0 Å². The molecule has 0 radical (unpaired) electrons. The van der Waals surface area contributed by atoms with Crippen LogP contribution in [0.3, 0.4) is 0 Å². The fraction of sp³-hybridized carbons (Fsp3) is 0.600. The Balaban J connectivity index is 2.27. The van der Waals surface area contributed by atoms with Crippen LogP contribution < -0.4 is 9.47 Å². The van der Waals surface area contributed by atoms with Crippen LogP contribution >= 0.6 is 0 Å². The van der Waals surface area contributed by atoms with Crippen LogP contribution in [0, 0.1) is 0 Å². The maximum absolute atomic E-state index is 5.38. The summed E-state index contributed by atoms with van der Waals surface area (Å²) in [5.41, 5.74) is 2.77. The highest BCUT2D eigenvalue weighted by molar-refractivity contribution is 5.48. The molecule has 1 heterocycles. The molecule has 1 aliphatic heterocycles. The largest absolute Gasteiger partial charge is 0.493 e. The van der Waals surface area contributed by atoms with Gasteiger partial charge < -0.3 is 9.47 Å². The molecule has 1 atom stereocenters. The predicted octanol–water partition coefficient (Wildman–Crippen LogP) is 2.86. The van der Waals surface area contributed by atoms with Gasteiger partial charge in [0.1, 0.15) is 0 Å². The number of nitrogens with zero attached hydrogens (tertiary/aromatic N) is 1. The van der Waals surface area contributed by atoms with Gasteiger partial charge in [-0.1, -0.05) is 6.92 Å². The number of rotatable bonds is 4. The molecule has 18 heavy (non-hydrogen) atoms. The average Bonchev–Trinajstić information content (AvgIpc) is 2.44. The number of benzene rings is 1. The van der Waals surface area contributed by atoms with E-state index in [1.165, 1.54) is 17.5 Å². The first-order valence-electron chi connectivity index (χ1n) is 6.67. The van der Waals surface area contributed by atoms with Crippen molar-refractivity contribution in [2.75, 3.05) is 20.8 Å². The Kier molecular flexibility index (Phi) is 4.12. The van der Waals surface area contributed by atoms with Gasteiger partial charge in [0, 0.05) is 19.1 Å². The summed E-state index contributed by atoms with van der Waals surface area (Å²) < 4.78 is 10.7. The van der Waals surface area contributed by atoms with Crippen molar-refractivity contribution in [3.8, 4) is 11.5 Å². The highest BCUT2D eigenvalue weighted by atomic mass is 16.5. The lowest BCUT2D eigenvalue weighted by Gasteiger charge is -2.33. The van der Waals surface area contributed by atoms with Gasteiger partial charge in [-0.05, 0) is 43.0 Å². The summed E-state index contributed by atoms with van der Waals surface area (Å²) >= 11 is 0. The van der Waals surface area contributed by atoms with E-state index in [-0.39, 0.29) is 0 Å². The Morgan fingerprint density at radius 3 is 2.33 bits per heavy atom. The second-order valence-electron chi connectivity index (χ2n) is 4.95. The Hall–Kier alpha value is -1.22. The van der Waals surface area contributed by atoms with Gasteiger partial charge in [-0.2, -0.15) is 0 Å². The molecule has 0 saturated heterocycles. The summed E-state index contributed by atoms with van der Waals surface area (Å²) in [4.78, 5) is 2.54. The van der Waals surface area contributed by atoms with Crippen molar-refractivity contribution >= 4 is 0 Å². The minimum absolute atomic E-state index is 0.645. The molecular weight excluding hydrogens is 226 g/mol. The Morgan fingerprint density at radius 2 is 1.78 bits per heavy atom. The second kappa shape index (κ2) is 5.61. The van der Waals surface area contributed by atoms with Gasteiger partial charge in [-0.25, -0.2) is 0 Å². The van der Waals surface area contributed by atoms with E-state index in [0.717, 1.165) is 31.0 Å². The zero-order valence-corrected chi connectivity index (χ0v) is 11.8. The molecule has 2 rings (SSSR count). The molecule has 0 N–H and O–H groups in total. The molecule has 0 bridgehead atoms. The smallest absolute Gasteiger partial charge is 0.161 e. The first-order chi connectivity index (χ1) is 8.69. The van der Waals surface area contributed by atoms with Crippen LogP contribution in [0.5, 0.6) is 11.5 Å². The molecule has 0 aromatic heterocycles. The van der Waals surface area contributed by atoms with Crippen molar-refractivity contribution in [3.05, 3.63) is 23.3 Å². The second-order valence-corrected chi connectivity index (χ2v) is 4.95. The van der Waals surface area contributed by atoms with Gasteiger partial charge in [0.05, 0.1) is 14.2 Å². The first-order valence-corrected chi connectivity index (χ1v) is 6.67. The highest BCUT2D eigenvalue weighted by Crippen LogP contribution is 2.33. The molecule has 1 aromatic rings. The summed E-state index contributed by atoms with van der Waals surface area (Å²) in [5, 5.41) is 0. The summed E-state index contributed by atoms with van der Waals surface area (Å²) in [6.45, 7) is 6.70. The average molecular weight is 249 g/mol. The number of ether oxygens (including phenoxy) is 2. The van der Waals surface area contributed by atoms with Gasteiger partial charge in [0.15, 0.2) is 11.5 Å². The minimum Gasteiger partial charge on any atom is -0.493 e. The zero-order chi connectivity index (χ0) is 13.1. The fourth-order valence-corrected chi connectivity index (χ4v) is 2.54. The van der Waals surface area contributed by atoms with Crippen LogP contribution in [0.1, 0.15) is 31.4 Å². The third-order valence-electron chi connectivity index (χ3n) is 3.96. The highest BCUT2D eigenvalue weighted by Gasteiger charge is 2.21. The van der Waals surface area contributed by atoms with E-state index in [1.807, 2.05) is 0 Å². The normalized spacial score (nSPS) is 17.1. The van der Waals surface area contributed by atoms with Crippen LogP contribution in [-0.2, 0) is 13.0 Å². The molecule has 0 fully saturated rings. The van der Waals surface area contributed by atoms with Crippen LogP contribution in [0.25, 0.3) is 0 Å². The molecule has 1 aliphatic rings. The number of hydrogen-bond acceptors (Lipinski definition) is 3. The molecule has 3 nitrogen and oxygen atoms in total. The molecule has 0 amide bonds. The van der Waals surface area contributed by atoms with Gasteiger partial charge in [-0.15, -0.1) is 0 Å². The molecule has 1 aromatic carbocycles. The Morgan fingerprint density at radius 1 is 1.17 bits per heavy atom. The molecule has 1 unspecified atom stereocenters. The van der Waals surface area contributed by atoms with E-state index >= 15 is 0 Å². The third kappa shape index (κ3) is 2.46. The monoisotopic (exact) mass is 249 g/mol. The standard InChI is InChI=1S/C15H23NO2/c1-5-11(2)16-7-6-12-8-14(17-3)15(18-4)9-13(12)10-16/h8-9,11H,5-7,10H2,1-4H3.